The van der Waals surface area contributed by atoms with Crippen LogP contribution in [0.25, 0.3) is 22.3 Å². The van der Waals surface area contributed by atoms with Crippen molar-refractivity contribution in [1.29, 1.82) is 0 Å². The molecule has 168 valence electrons. The average Bonchev–Trinajstić information content (AvgIpc) is 2.89. The molecule has 4 aromatic carbocycles. The molecule has 0 fully saturated rings. The first kappa shape index (κ1) is 21.7. The van der Waals surface area contributed by atoms with Crippen LogP contribution in [-0.4, -0.2) is 9.97 Å². The summed E-state index contributed by atoms with van der Waals surface area (Å²) in [5, 5.41) is 4.46. The fourth-order valence-corrected chi connectivity index (χ4v) is 3.87. The number of ether oxygens (including phenoxy) is 1. The van der Waals surface area contributed by atoms with Crippen LogP contribution in [0.5, 0.6) is 11.5 Å². The molecule has 1 N–H and O–H groups in total. The van der Waals surface area contributed by atoms with Gasteiger partial charge in [0.15, 0.2) is 5.82 Å². The maximum absolute atomic E-state index is 5.91. The van der Waals surface area contributed by atoms with Gasteiger partial charge in [-0.2, -0.15) is 0 Å². The van der Waals surface area contributed by atoms with Crippen LogP contribution in [0.2, 0.25) is 0 Å². The monoisotopic (exact) mass is 445 g/mol. The van der Waals surface area contributed by atoms with Crippen molar-refractivity contribution in [3.05, 3.63) is 109 Å². The lowest BCUT2D eigenvalue weighted by Gasteiger charge is -2.12. The second-order valence-electron chi connectivity index (χ2n) is 8.28. The second-order valence-corrected chi connectivity index (χ2v) is 8.28. The van der Waals surface area contributed by atoms with Crippen LogP contribution in [0.4, 0.5) is 11.5 Å². The predicted molar refractivity (Wildman–Crippen MR) is 140 cm³/mol. The molecule has 0 aliphatic heterocycles. The van der Waals surface area contributed by atoms with Gasteiger partial charge in [0.05, 0.1) is 5.52 Å². The van der Waals surface area contributed by atoms with Gasteiger partial charge in [-0.05, 0) is 66.9 Å². The van der Waals surface area contributed by atoms with E-state index in [-0.39, 0.29) is 0 Å². The van der Waals surface area contributed by atoms with Gasteiger partial charge >= 0.3 is 0 Å². The molecule has 0 aliphatic carbocycles. The first-order chi connectivity index (χ1) is 16.8. The van der Waals surface area contributed by atoms with E-state index in [2.05, 4.69) is 36.5 Å². The Morgan fingerprint density at radius 3 is 2.18 bits per heavy atom. The molecule has 34 heavy (non-hydrogen) atoms. The largest absolute Gasteiger partial charge is 0.457 e. The van der Waals surface area contributed by atoms with Gasteiger partial charge < -0.3 is 10.1 Å². The van der Waals surface area contributed by atoms with Crippen molar-refractivity contribution < 1.29 is 4.74 Å². The number of hydrogen-bond donors (Lipinski definition) is 1. The lowest BCUT2D eigenvalue weighted by atomic mass is 10.1. The molecule has 0 saturated carbocycles. The summed E-state index contributed by atoms with van der Waals surface area (Å²) in [6, 6.07) is 34.4. The lowest BCUT2D eigenvalue weighted by molar-refractivity contribution is 0.483. The fraction of sp³-hybridized carbons (Fsp3) is 0.133. The molecular weight excluding hydrogens is 418 g/mol. The van der Waals surface area contributed by atoms with Crippen molar-refractivity contribution in [3.63, 3.8) is 0 Å². The molecule has 1 heterocycles. The third-order valence-corrected chi connectivity index (χ3v) is 5.73. The summed E-state index contributed by atoms with van der Waals surface area (Å²) >= 11 is 0. The van der Waals surface area contributed by atoms with E-state index in [4.69, 9.17) is 14.7 Å². The van der Waals surface area contributed by atoms with Gasteiger partial charge in [-0.3, -0.25) is 0 Å². The third kappa shape index (κ3) is 5.07. The number of benzene rings is 4. The normalized spacial score (nSPS) is 10.9. The average molecular weight is 446 g/mol. The van der Waals surface area contributed by atoms with Crippen LogP contribution in [0.15, 0.2) is 103 Å². The van der Waals surface area contributed by atoms with E-state index in [1.165, 1.54) is 18.4 Å². The highest BCUT2D eigenvalue weighted by Gasteiger charge is 2.10. The summed E-state index contributed by atoms with van der Waals surface area (Å²) < 4.78 is 5.91. The minimum Gasteiger partial charge on any atom is -0.457 e. The maximum atomic E-state index is 5.91. The number of unbranched alkanes of at least 4 members (excludes halogenated alkanes) is 1. The molecule has 0 amide bonds. The fourth-order valence-electron chi connectivity index (χ4n) is 3.87. The van der Waals surface area contributed by atoms with E-state index in [1.54, 1.807) is 0 Å². The quantitative estimate of drug-likeness (QED) is 0.262. The summed E-state index contributed by atoms with van der Waals surface area (Å²) in [6.07, 6.45) is 3.51. The van der Waals surface area contributed by atoms with E-state index in [1.807, 2.05) is 78.9 Å². The number of para-hydroxylation sites is 2. The summed E-state index contributed by atoms with van der Waals surface area (Å²) in [4.78, 5) is 9.72. The van der Waals surface area contributed by atoms with Crippen LogP contribution in [0.3, 0.4) is 0 Å². The molecular formula is C30H27N3O. The van der Waals surface area contributed by atoms with Gasteiger partial charge in [-0.25, -0.2) is 9.97 Å². The van der Waals surface area contributed by atoms with Crippen LogP contribution in [0, 0.1) is 0 Å². The zero-order valence-electron chi connectivity index (χ0n) is 19.2. The standard InChI is InChI=1S/C30H27N3O/c1-2-3-9-22-14-16-23(17-15-22)29-32-28-13-8-7-12-27(28)30(33-29)31-24-18-20-26(21-19-24)34-25-10-5-4-6-11-25/h4-8,10-21H,2-3,9H2,1H3,(H,31,32,33). The predicted octanol–water partition coefficient (Wildman–Crippen LogP) is 8.18. The van der Waals surface area contributed by atoms with Crippen molar-refractivity contribution >= 4 is 22.4 Å². The number of rotatable bonds is 8. The molecule has 0 saturated heterocycles. The Labute approximate surface area is 200 Å². The van der Waals surface area contributed by atoms with Crippen molar-refractivity contribution in [3.8, 4) is 22.9 Å². The number of anilines is 2. The molecule has 1 aromatic heterocycles. The summed E-state index contributed by atoms with van der Waals surface area (Å²) in [5.74, 6) is 3.10. The number of fused-ring (bicyclic) bond motifs is 1. The summed E-state index contributed by atoms with van der Waals surface area (Å²) in [7, 11) is 0. The first-order valence-electron chi connectivity index (χ1n) is 11.7. The smallest absolute Gasteiger partial charge is 0.162 e. The van der Waals surface area contributed by atoms with Crippen molar-refractivity contribution in [2.45, 2.75) is 26.2 Å². The van der Waals surface area contributed by atoms with E-state index in [0.717, 1.165) is 45.9 Å². The summed E-state index contributed by atoms with van der Waals surface area (Å²) in [6.45, 7) is 2.22. The second kappa shape index (κ2) is 10.2. The molecule has 4 nitrogen and oxygen atoms in total. The van der Waals surface area contributed by atoms with Crippen LogP contribution < -0.4 is 10.1 Å². The van der Waals surface area contributed by atoms with Gasteiger partial charge in [0, 0.05) is 16.6 Å². The van der Waals surface area contributed by atoms with Gasteiger partial charge in [-0.15, -0.1) is 0 Å². The molecule has 5 aromatic rings. The Balaban J connectivity index is 1.41. The van der Waals surface area contributed by atoms with Gasteiger partial charge in [0.1, 0.15) is 17.3 Å². The van der Waals surface area contributed by atoms with E-state index in [9.17, 15) is 0 Å². The SMILES string of the molecule is CCCCc1ccc(-c2nc(Nc3ccc(Oc4ccccc4)cc3)c3ccccc3n2)cc1. The minimum absolute atomic E-state index is 0.715. The van der Waals surface area contributed by atoms with Gasteiger partial charge in [0.25, 0.3) is 0 Å². The highest BCUT2D eigenvalue weighted by atomic mass is 16.5. The van der Waals surface area contributed by atoms with Crippen LogP contribution >= 0.6 is 0 Å². The van der Waals surface area contributed by atoms with Crippen LogP contribution in [0.1, 0.15) is 25.3 Å². The van der Waals surface area contributed by atoms with E-state index < -0.39 is 0 Å². The molecule has 4 heteroatoms. The maximum Gasteiger partial charge on any atom is 0.162 e. The van der Waals surface area contributed by atoms with Gasteiger partial charge in [0.2, 0.25) is 0 Å². The Morgan fingerprint density at radius 1 is 0.706 bits per heavy atom. The molecule has 0 atom stereocenters. The lowest BCUT2D eigenvalue weighted by Crippen LogP contribution is -1.99. The Hall–Kier alpha value is -4.18. The number of hydrogen-bond acceptors (Lipinski definition) is 4. The Morgan fingerprint density at radius 2 is 1.41 bits per heavy atom. The molecule has 0 aliphatic rings. The molecule has 0 spiro atoms. The van der Waals surface area contributed by atoms with E-state index >= 15 is 0 Å². The first-order valence-corrected chi connectivity index (χ1v) is 11.7. The zero-order valence-corrected chi connectivity index (χ0v) is 19.2. The highest BCUT2D eigenvalue weighted by Crippen LogP contribution is 2.29. The molecule has 0 bridgehead atoms. The molecule has 0 unspecified atom stereocenters. The van der Waals surface area contributed by atoms with Crippen LogP contribution in [-0.2, 0) is 6.42 Å². The molecule has 0 radical (unpaired) electrons. The number of nitrogens with zero attached hydrogens (tertiary/aromatic N) is 2. The zero-order chi connectivity index (χ0) is 23.2. The third-order valence-electron chi connectivity index (χ3n) is 5.73. The minimum atomic E-state index is 0.715. The topological polar surface area (TPSA) is 47.0 Å². The van der Waals surface area contributed by atoms with Crippen molar-refractivity contribution in [2.75, 3.05) is 5.32 Å². The molecule has 5 rings (SSSR count). The van der Waals surface area contributed by atoms with Gasteiger partial charge in [-0.1, -0.05) is 67.9 Å². The number of aromatic nitrogens is 2. The number of nitrogens with one attached hydrogen (secondary N) is 1. The Kier molecular flexibility index (Phi) is 6.48. The summed E-state index contributed by atoms with van der Waals surface area (Å²) in [5.41, 5.74) is 4.21. The Bertz CT molecular complexity index is 1360. The number of aryl methyl sites for hydroxylation is 1. The highest BCUT2D eigenvalue weighted by molar-refractivity contribution is 5.92. The van der Waals surface area contributed by atoms with Crippen molar-refractivity contribution in [1.82, 2.24) is 9.97 Å². The van der Waals surface area contributed by atoms with E-state index in [0.29, 0.717) is 5.82 Å². The van der Waals surface area contributed by atoms with Crippen molar-refractivity contribution in [2.24, 2.45) is 0 Å².